The number of hydrogen-bond acceptors (Lipinski definition) is 5. The van der Waals surface area contributed by atoms with Gasteiger partial charge in [0.05, 0.1) is 18.9 Å². The van der Waals surface area contributed by atoms with Gasteiger partial charge in [0.2, 0.25) is 5.88 Å². The van der Waals surface area contributed by atoms with Crippen molar-refractivity contribution in [2.75, 3.05) is 37.9 Å². The first-order chi connectivity index (χ1) is 8.65. The van der Waals surface area contributed by atoms with Gasteiger partial charge in [0.15, 0.2) is 5.82 Å². The topological polar surface area (TPSA) is 60.6 Å². The maximum absolute atomic E-state index is 6.00. The Balaban J connectivity index is 2.20. The maximum Gasteiger partial charge on any atom is 0.215 e. The van der Waals surface area contributed by atoms with Gasteiger partial charge in [-0.3, -0.25) is 0 Å². The number of methoxy groups -OCH3 is 2. The highest BCUT2D eigenvalue weighted by Crippen LogP contribution is 2.29. The third-order valence-electron chi connectivity index (χ3n) is 3.58. The van der Waals surface area contributed by atoms with Crippen LogP contribution in [0.4, 0.5) is 11.5 Å². The second-order valence-electron chi connectivity index (χ2n) is 4.75. The molecule has 0 saturated carbocycles. The van der Waals surface area contributed by atoms with Gasteiger partial charge >= 0.3 is 0 Å². The summed E-state index contributed by atoms with van der Waals surface area (Å²) in [6.07, 6.45) is 1.31. The van der Waals surface area contributed by atoms with Crippen LogP contribution in [0.3, 0.4) is 0 Å². The minimum atomic E-state index is 0.228. The number of anilines is 2. The van der Waals surface area contributed by atoms with Crippen LogP contribution >= 0.6 is 0 Å². The summed E-state index contributed by atoms with van der Waals surface area (Å²) in [5, 5.41) is 0. The van der Waals surface area contributed by atoms with Gasteiger partial charge in [-0.25, -0.2) is 0 Å². The SMILES string of the molecule is COc1ccc(N)c(N2CCC(C)C(OC)C2)n1. The molecule has 0 radical (unpaired) electrons. The van der Waals surface area contributed by atoms with Crippen molar-refractivity contribution in [3.05, 3.63) is 12.1 Å². The van der Waals surface area contributed by atoms with Crippen LogP contribution < -0.4 is 15.4 Å². The zero-order valence-corrected chi connectivity index (χ0v) is 11.2. The Morgan fingerprint density at radius 2 is 2.17 bits per heavy atom. The van der Waals surface area contributed by atoms with Crippen molar-refractivity contribution < 1.29 is 9.47 Å². The molecule has 5 heteroatoms. The summed E-state index contributed by atoms with van der Waals surface area (Å²) in [6.45, 7) is 3.99. The molecular formula is C13H21N3O2. The van der Waals surface area contributed by atoms with E-state index in [1.54, 1.807) is 20.3 Å². The Labute approximate surface area is 108 Å². The largest absolute Gasteiger partial charge is 0.481 e. The highest BCUT2D eigenvalue weighted by molar-refractivity contribution is 5.63. The first-order valence-corrected chi connectivity index (χ1v) is 6.24. The van der Waals surface area contributed by atoms with Crippen molar-refractivity contribution in [1.29, 1.82) is 0 Å². The molecule has 0 bridgehead atoms. The van der Waals surface area contributed by atoms with Crippen LogP contribution in [0.2, 0.25) is 0 Å². The van der Waals surface area contributed by atoms with E-state index in [0.717, 1.165) is 25.3 Å². The predicted octanol–water partition coefficient (Wildman–Crippen LogP) is 1.53. The van der Waals surface area contributed by atoms with Gasteiger partial charge in [0.1, 0.15) is 0 Å². The molecule has 0 aliphatic carbocycles. The van der Waals surface area contributed by atoms with Crippen LogP contribution in [-0.2, 0) is 4.74 Å². The number of nitrogens with zero attached hydrogens (tertiary/aromatic N) is 2. The number of hydrogen-bond donors (Lipinski definition) is 1. The van der Waals surface area contributed by atoms with Gasteiger partial charge in [0.25, 0.3) is 0 Å². The van der Waals surface area contributed by atoms with E-state index in [9.17, 15) is 0 Å². The first kappa shape index (κ1) is 13.0. The summed E-state index contributed by atoms with van der Waals surface area (Å²) < 4.78 is 10.7. The second kappa shape index (κ2) is 5.44. The molecule has 2 heterocycles. The normalized spacial score (nSPS) is 24.1. The van der Waals surface area contributed by atoms with Crippen LogP contribution in [0.5, 0.6) is 5.88 Å². The first-order valence-electron chi connectivity index (χ1n) is 6.24. The molecule has 1 aliphatic heterocycles. The zero-order valence-electron chi connectivity index (χ0n) is 11.2. The highest BCUT2D eigenvalue weighted by Gasteiger charge is 2.27. The predicted molar refractivity (Wildman–Crippen MR) is 72.0 cm³/mol. The summed E-state index contributed by atoms with van der Waals surface area (Å²) in [5.41, 5.74) is 6.68. The van der Waals surface area contributed by atoms with E-state index in [1.807, 2.05) is 6.07 Å². The van der Waals surface area contributed by atoms with Crippen LogP contribution in [0, 0.1) is 5.92 Å². The fourth-order valence-corrected chi connectivity index (χ4v) is 2.34. The van der Waals surface area contributed by atoms with E-state index in [1.165, 1.54) is 0 Å². The molecule has 1 saturated heterocycles. The highest BCUT2D eigenvalue weighted by atomic mass is 16.5. The summed E-state index contributed by atoms with van der Waals surface area (Å²) in [7, 11) is 3.37. The van der Waals surface area contributed by atoms with Crippen molar-refractivity contribution in [1.82, 2.24) is 4.98 Å². The third-order valence-corrected chi connectivity index (χ3v) is 3.58. The smallest absolute Gasteiger partial charge is 0.215 e. The van der Waals surface area contributed by atoms with E-state index >= 15 is 0 Å². The molecular weight excluding hydrogens is 230 g/mol. The number of aromatic nitrogens is 1. The monoisotopic (exact) mass is 251 g/mol. The number of nitrogens with two attached hydrogens (primary N) is 1. The van der Waals surface area contributed by atoms with Crippen molar-refractivity contribution in [2.45, 2.75) is 19.4 Å². The Bertz CT molecular complexity index is 411. The third kappa shape index (κ3) is 2.51. The fraction of sp³-hybridized carbons (Fsp3) is 0.615. The van der Waals surface area contributed by atoms with Crippen LogP contribution in [0.15, 0.2) is 12.1 Å². The Kier molecular flexibility index (Phi) is 3.91. The van der Waals surface area contributed by atoms with E-state index in [0.29, 0.717) is 17.5 Å². The molecule has 1 aromatic rings. The summed E-state index contributed by atoms with van der Waals surface area (Å²) in [5.74, 6) is 1.95. The number of rotatable bonds is 3. The molecule has 1 aliphatic rings. The average molecular weight is 251 g/mol. The van der Waals surface area contributed by atoms with Gasteiger partial charge < -0.3 is 20.1 Å². The lowest BCUT2D eigenvalue weighted by Gasteiger charge is -2.37. The molecule has 2 unspecified atom stereocenters. The minimum Gasteiger partial charge on any atom is -0.481 e. The summed E-state index contributed by atoms with van der Waals surface area (Å²) in [6, 6.07) is 3.61. The summed E-state index contributed by atoms with van der Waals surface area (Å²) in [4.78, 5) is 6.60. The standard InChI is InChI=1S/C13H21N3O2/c1-9-6-7-16(8-11(9)17-2)13-10(14)4-5-12(15-13)18-3/h4-5,9,11H,6-8,14H2,1-3H3. The molecule has 100 valence electrons. The average Bonchev–Trinajstić information content (AvgIpc) is 2.40. The molecule has 0 aromatic carbocycles. The van der Waals surface area contributed by atoms with E-state index < -0.39 is 0 Å². The molecule has 0 amide bonds. The van der Waals surface area contributed by atoms with Crippen molar-refractivity contribution in [3.63, 3.8) is 0 Å². The van der Waals surface area contributed by atoms with E-state index in [2.05, 4.69) is 16.8 Å². The molecule has 1 fully saturated rings. The Hall–Kier alpha value is -1.49. The van der Waals surface area contributed by atoms with Gasteiger partial charge in [-0.15, -0.1) is 0 Å². The van der Waals surface area contributed by atoms with Crippen LogP contribution in [0.1, 0.15) is 13.3 Å². The molecule has 5 nitrogen and oxygen atoms in total. The molecule has 2 atom stereocenters. The van der Waals surface area contributed by atoms with Gasteiger partial charge in [-0.1, -0.05) is 6.92 Å². The molecule has 18 heavy (non-hydrogen) atoms. The van der Waals surface area contributed by atoms with Gasteiger partial charge in [0, 0.05) is 26.3 Å². The Morgan fingerprint density at radius 1 is 1.39 bits per heavy atom. The van der Waals surface area contributed by atoms with E-state index in [4.69, 9.17) is 15.2 Å². The lowest BCUT2D eigenvalue weighted by atomic mass is 9.96. The molecule has 0 spiro atoms. The number of piperidine rings is 1. The Morgan fingerprint density at radius 3 is 2.83 bits per heavy atom. The van der Waals surface area contributed by atoms with Crippen molar-refractivity contribution in [3.8, 4) is 5.88 Å². The summed E-state index contributed by atoms with van der Waals surface area (Å²) >= 11 is 0. The molecule has 2 rings (SSSR count). The quantitative estimate of drug-likeness (QED) is 0.883. The number of pyridine rings is 1. The minimum absolute atomic E-state index is 0.228. The van der Waals surface area contributed by atoms with Crippen LogP contribution in [0.25, 0.3) is 0 Å². The van der Waals surface area contributed by atoms with Gasteiger partial charge in [-0.2, -0.15) is 4.98 Å². The second-order valence-corrected chi connectivity index (χ2v) is 4.75. The lowest BCUT2D eigenvalue weighted by molar-refractivity contribution is 0.0496. The lowest BCUT2D eigenvalue weighted by Crippen LogP contribution is -2.44. The zero-order chi connectivity index (χ0) is 13.1. The van der Waals surface area contributed by atoms with Crippen molar-refractivity contribution in [2.24, 2.45) is 5.92 Å². The van der Waals surface area contributed by atoms with E-state index in [-0.39, 0.29) is 6.10 Å². The maximum atomic E-state index is 6.00. The molecule has 1 aromatic heterocycles. The molecule has 2 N–H and O–H groups in total. The number of nitrogen functional groups attached to an aromatic ring is 1. The number of ether oxygens (including phenoxy) is 2. The fourth-order valence-electron chi connectivity index (χ4n) is 2.34. The van der Waals surface area contributed by atoms with Crippen molar-refractivity contribution >= 4 is 11.5 Å². The van der Waals surface area contributed by atoms with Crippen LogP contribution in [-0.4, -0.2) is 38.4 Å². The van der Waals surface area contributed by atoms with Gasteiger partial charge in [-0.05, 0) is 18.4 Å².